The molecule has 0 radical (unpaired) electrons. The van der Waals surface area contributed by atoms with Crippen molar-refractivity contribution in [2.45, 2.75) is 53.1 Å². The van der Waals surface area contributed by atoms with Gasteiger partial charge in [-0.05, 0) is 25.7 Å². The van der Waals surface area contributed by atoms with Crippen LogP contribution in [0.2, 0.25) is 0 Å². The molecule has 2 atom stereocenters. The molecule has 0 spiro atoms. The normalized spacial score (nSPS) is 15.3. The van der Waals surface area contributed by atoms with Gasteiger partial charge in [0.2, 0.25) is 0 Å². The molecule has 1 nitrogen and oxygen atoms in total. The Morgan fingerprint density at radius 3 is 2.25 bits per heavy atom. The quantitative estimate of drug-likeness (QED) is 0.552. The minimum Gasteiger partial charge on any atom is -0.496 e. The van der Waals surface area contributed by atoms with Gasteiger partial charge in [0.05, 0.1) is 11.9 Å². The van der Waals surface area contributed by atoms with Gasteiger partial charge < -0.3 is 4.74 Å². The van der Waals surface area contributed by atoms with Crippen LogP contribution in [0.4, 0.5) is 0 Å². The Morgan fingerprint density at radius 1 is 1.33 bits per heavy atom. The zero-order valence-electron chi connectivity index (χ0n) is 8.89. The predicted octanol–water partition coefficient (Wildman–Crippen LogP) is 3.75. The van der Waals surface area contributed by atoms with E-state index in [1.807, 2.05) is 6.92 Å². The highest BCUT2D eigenvalue weighted by Gasteiger charge is 2.10. The van der Waals surface area contributed by atoms with Gasteiger partial charge in [0, 0.05) is 0 Å². The van der Waals surface area contributed by atoms with Crippen molar-refractivity contribution in [1.82, 2.24) is 0 Å². The van der Waals surface area contributed by atoms with Gasteiger partial charge >= 0.3 is 0 Å². The molecule has 12 heavy (non-hydrogen) atoms. The Labute approximate surface area is 76.8 Å². The summed E-state index contributed by atoms with van der Waals surface area (Å²) < 4.78 is 5.58. The lowest BCUT2D eigenvalue weighted by Gasteiger charge is -2.20. The minimum atomic E-state index is 0.373. The molecule has 1 heteroatoms. The third-order valence-electron chi connectivity index (χ3n) is 2.19. The second-order valence-corrected chi connectivity index (χ2v) is 3.60. The largest absolute Gasteiger partial charge is 0.496 e. The van der Waals surface area contributed by atoms with E-state index in [4.69, 9.17) is 4.74 Å². The molecule has 0 aromatic heterocycles. The van der Waals surface area contributed by atoms with Crippen molar-refractivity contribution in [3.63, 3.8) is 0 Å². The summed E-state index contributed by atoms with van der Waals surface area (Å²) in [5.41, 5.74) is 0. The third-order valence-corrected chi connectivity index (χ3v) is 2.19. The van der Waals surface area contributed by atoms with E-state index < -0.39 is 0 Å². The molecule has 0 fully saturated rings. The van der Waals surface area contributed by atoms with E-state index in [9.17, 15) is 0 Å². The van der Waals surface area contributed by atoms with Crippen molar-refractivity contribution in [2.24, 2.45) is 5.92 Å². The summed E-state index contributed by atoms with van der Waals surface area (Å²) in [6, 6.07) is 0. The molecule has 0 aromatic rings. The minimum absolute atomic E-state index is 0.373. The van der Waals surface area contributed by atoms with E-state index in [1.54, 1.807) is 0 Å². The van der Waals surface area contributed by atoms with Gasteiger partial charge in [-0.3, -0.25) is 0 Å². The fourth-order valence-electron chi connectivity index (χ4n) is 1.20. The molecule has 0 saturated carbocycles. The molecule has 0 heterocycles. The first kappa shape index (κ1) is 11.5. The summed E-state index contributed by atoms with van der Waals surface area (Å²) >= 11 is 0. The number of rotatable bonds is 6. The Morgan fingerprint density at radius 2 is 1.92 bits per heavy atom. The van der Waals surface area contributed by atoms with Crippen molar-refractivity contribution in [1.29, 1.82) is 0 Å². The summed E-state index contributed by atoms with van der Waals surface area (Å²) in [6.07, 6.45) is 3.84. The van der Waals surface area contributed by atoms with Crippen LogP contribution in [0, 0.1) is 5.92 Å². The number of hydrogen-bond donors (Lipinski definition) is 0. The maximum atomic E-state index is 5.58. The fraction of sp³-hybridized carbons (Fsp3) is 0.818. The van der Waals surface area contributed by atoms with Gasteiger partial charge in [0.15, 0.2) is 0 Å². The van der Waals surface area contributed by atoms with Gasteiger partial charge in [0.1, 0.15) is 0 Å². The first-order valence-corrected chi connectivity index (χ1v) is 4.92. The Hall–Kier alpha value is -0.460. The summed E-state index contributed by atoms with van der Waals surface area (Å²) in [5, 5.41) is 0. The molecule has 0 aromatic carbocycles. The summed E-state index contributed by atoms with van der Waals surface area (Å²) in [5.74, 6) is 1.60. The van der Waals surface area contributed by atoms with Crippen molar-refractivity contribution in [2.75, 3.05) is 0 Å². The molecule has 0 saturated heterocycles. The Kier molecular flexibility index (Phi) is 5.87. The smallest absolute Gasteiger partial charge is 0.0982 e. The molecular weight excluding hydrogens is 148 g/mol. The molecule has 72 valence electrons. The molecular formula is C11H22O. The number of ether oxygens (including phenoxy) is 1. The Bertz CT molecular complexity index is 129. The standard InChI is InChI=1S/C11H22O/c1-6-10(5)8-11(7-2)12-9(3)4/h10-11H,3,6-8H2,1-2,4-5H3. The maximum Gasteiger partial charge on any atom is 0.0982 e. The van der Waals surface area contributed by atoms with Crippen molar-refractivity contribution in [3.05, 3.63) is 12.3 Å². The highest BCUT2D eigenvalue weighted by atomic mass is 16.5. The summed E-state index contributed by atoms with van der Waals surface area (Å²) in [6.45, 7) is 12.3. The van der Waals surface area contributed by atoms with Gasteiger partial charge in [0.25, 0.3) is 0 Å². The third kappa shape index (κ3) is 5.22. The average Bonchev–Trinajstić information content (AvgIpc) is 2.02. The van der Waals surface area contributed by atoms with E-state index in [2.05, 4.69) is 27.4 Å². The van der Waals surface area contributed by atoms with Crippen LogP contribution >= 0.6 is 0 Å². The zero-order valence-corrected chi connectivity index (χ0v) is 8.89. The molecule has 0 aliphatic heterocycles. The summed E-state index contributed by atoms with van der Waals surface area (Å²) in [7, 11) is 0. The predicted molar refractivity (Wildman–Crippen MR) is 54.1 cm³/mol. The molecule has 0 aliphatic rings. The van der Waals surface area contributed by atoms with E-state index in [-0.39, 0.29) is 0 Å². The lowest BCUT2D eigenvalue weighted by atomic mass is 10.00. The fourth-order valence-corrected chi connectivity index (χ4v) is 1.20. The first-order chi connectivity index (χ1) is 5.60. The lowest BCUT2D eigenvalue weighted by molar-refractivity contribution is 0.0928. The number of hydrogen-bond acceptors (Lipinski definition) is 1. The van der Waals surface area contributed by atoms with Crippen molar-refractivity contribution in [3.8, 4) is 0 Å². The molecule has 0 N–H and O–H groups in total. The highest BCUT2D eigenvalue weighted by Crippen LogP contribution is 2.16. The zero-order chi connectivity index (χ0) is 9.56. The molecule has 0 amide bonds. The van der Waals surface area contributed by atoms with Crippen LogP contribution in [0.25, 0.3) is 0 Å². The average molecular weight is 170 g/mol. The summed E-state index contributed by atoms with van der Waals surface area (Å²) in [4.78, 5) is 0. The number of allylic oxidation sites excluding steroid dienone is 1. The van der Waals surface area contributed by atoms with E-state index in [1.165, 1.54) is 6.42 Å². The van der Waals surface area contributed by atoms with Crippen LogP contribution in [0.1, 0.15) is 47.0 Å². The molecule has 0 rings (SSSR count). The van der Waals surface area contributed by atoms with Crippen LogP contribution in [0.5, 0.6) is 0 Å². The second-order valence-electron chi connectivity index (χ2n) is 3.60. The van der Waals surface area contributed by atoms with E-state index >= 15 is 0 Å². The van der Waals surface area contributed by atoms with E-state index in [0.29, 0.717) is 6.10 Å². The molecule has 0 aliphatic carbocycles. The highest BCUT2D eigenvalue weighted by molar-refractivity contribution is 4.77. The maximum absolute atomic E-state index is 5.58. The first-order valence-electron chi connectivity index (χ1n) is 4.92. The van der Waals surface area contributed by atoms with E-state index in [0.717, 1.165) is 24.5 Å². The SMILES string of the molecule is C=C(C)OC(CC)CC(C)CC. The van der Waals surface area contributed by atoms with Crippen LogP contribution in [-0.2, 0) is 4.74 Å². The van der Waals surface area contributed by atoms with Gasteiger partial charge in [-0.2, -0.15) is 0 Å². The van der Waals surface area contributed by atoms with Crippen LogP contribution in [0.3, 0.4) is 0 Å². The lowest BCUT2D eigenvalue weighted by Crippen LogP contribution is -2.14. The second kappa shape index (κ2) is 6.10. The van der Waals surface area contributed by atoms with Gasteiger partial charge in [-0.15, -0.1) is 0 Å². The molecule has 2 unspecified atom stereocenters. The Balaban J connectivity index is 3.74. The van der Waals surface area contributed by atoms with Crippen molar-refractivity contribution >= 4 is 0 Å². The van der Waals surface area contributed by atoms with Crippen LogP contribution < -0.4 is 0 Å². The van der Waals surface area contributed by atoms with Crippen LogP contribution in [0.15, 0.2) is 12.3 Å². The van der Waals surface area contributed by atoms with Gasteiger partial charge in [-0.1, -0.05) is 33.8 Å². The van der Waals surface area contributed by atoms with Crippen molar-refractivity contribution < 1.29 is 4.74 Å². The molecule has 0 bridgehead atoms. The van der Waals surface area contributed by atoms with Crippen LogP contribution in [-0.4, -0.2) is 6.10 Å². The monoisotopic (exact) mass is 170 g/mol. The van der Waals surface area contributed by atoms with Gasteiger partial charge in [-0.25, -0.2) is 0 Å². The topological polar surface area (TPSA) is 9.23 Å².